The highest BCUT2D eigenvalue weighted by Gasteiger charge is 2.45. The maximum absolute atomic E-state index is 14.6. The zero-order valence-corrected chi connectivity index (χ0v) is 17.3. The number of fused-ring (bicyclic) bond motifs is 2. The Kier molecular flexibility index (Phi) is 5.31. The summed E-state index contributed by atoms with van der Waals surface area (Å²) in [7, 11) is 0. The molecule has 1 aliphatic carbocycles. The Morgan fingerprint density at radius 2 is 2.03 bits per heavy atom. The maximum Gasteiger partial charge on any atom is 0.266 e. The molecule has 0 radical (unpaired) electrons. The molecule has 0 amide bonds. The zero-order chi connectivity index (χ0) is 22.6. The summed E-state index contributed by atoms with van der Waals surface area (Å²) >= 11 is 0. The maximum atomic E-state index is 14.6. The highest BCUT2D eigenvalue weighted by atomic mass is 19.3. The van der Waals surface area contributed by atoms with Gasteiger partial charge < -0.3 is 24.8 Å². The third-order valence-electron chi connectivity index (χ3n) is 6.50. The molecule has 4 atom stereocenters. The first kappa shape index (κ1) is 21.2. The van der Waals surface area contributed by atoms with Gasteiger partial charge in [0.1, 0.15) is 41.9 Å². The van der Waals surface area contributed by atoms with E-state index in [1.807, 2.05) is 13.0 Å². The lowest BCUT2D eigenvalue weighted by Gasteiger charge is -2.26. The zero-order valence-electron chi connectivity index (χ0n) is 17.3. The Labute approximate surface area is 181 Å². The van der Waals surface area contributed by atoms with Crippen molar-refractivity contribution in [2.75, 3.05) is 6.54 Å². The van der Waals surface area contributed by atoms with Gasteiger partial charge in [-0.1, -0.05) is 0 Å². The lowest BCUT2D eigenvalue weighted by Crippen LogP contribution is -2.35. The molecule has 10 heteroatoms. The number of nitrogens with zero attached hydrogens (tertiary/aromatic N) is 3. The lowest BCUT2D eigenvalue weighted by molar-refractivity contribution is -0.0167. The first-order valence-electron chi connectivity index (χ1n) is 10.5. The van der Waals surface area contributed by atoms with Crippen LogP contribution in [0.2, 0.25) is 0 Å². The van der Waals surface area contributed by atoms with E-state index >= 15 is 0 Å². The van der Waals surface area contributed by atoms with Crippen molar-refractivity contribution in [1.29, 1.82) is 0 Å². The second-order valence-corrected chi connectivity index (χ2v) is 8.32. The summed E-state index contributed by atoms with van der Waals surface area (Å²) < 4.78 is 49.2. The molecule has 5 rings (SSSR count). The van der Waals surface area contributed by atoms with E-state index in [1.54, 1.807) is 10.8 Å². The fourth-order valence-electron chi connectivity index (χ4n) is 4.78. The minimum atomic E-state index is -2.99. The fraction of sp³-hybridized carbons (Fsp3) is 0.455. The van der Waals surface area contributed by atoms with Crippen LogP contribution < -0.4 is 10.1 Å². The van der Waals surface area contributed by atoms with Gasteiger partial charge in [0.25, 0.3) is 6.43 Å². The van der Waals surface area contributed by atoms with Gasteiger partial charge in [-0.05, 0) is 37.6 Å². The second-order valence-electron chi connectivity index (χ2n) is 8.32. The molecule has 3 aromatic rings. The Bertz CT molecular complexity index is 1170. The number of aliphatic hydroxyl groups is 2. The molecular formula is C22H23F3N4O3. The molecule has 2 unspecified atom stereocenters. The summed E-state index contributed by atoms with van der Waals surface area (Å²) in [4.78, 5) is 8.46. The van der Waals surface area contributed by atoms with Crippen LogP contribution in [0.15, 0.2) is 24.7 Å². The highest BCUT2D eigenvalue weighted by Crippen LogP contribution is 2.39. The lowest BCUT2D eigenvalue weighted by atomic mass is 9.96. The smallest absolute Gasteiger partial charge is 0.266 e. The van der Waals surface area contributed by atoms with Crippen LogP contribution in [0.25, 0.3) is 11.0 Å². The van der Waals surface area contributed by atoms with Crippen LogP contribution in [-0.4, -0.2) is 49.6 Å². The van der Waals surface area contributed by atoms with Gasteiger partial charge in [-0.25, -0.2) is 23.1 Å². The summed E-state index contributed by atoms with van der Waals surface area (Å²) in [6.45, 7) is 2.61. The molecule has 0 bridgehead atoms. The first-order chi connectivity index (χ1) is 15.4. The number of hydrogen-bond donors (Lipinski definition) is 3. The molecule has 3 heterocycles. The SMILES string of the molecule is Cc1ncnc2c1ccn2C1CC(Oc2cc(C(F)F)c(F)c3c2CNCC3)[C@@H](O)[C@H]1O. The summed E-state index contributed by atoms with van der Waals surface area (Å²) in [5.74, 6) is -0.793. The quantitative estimate of drug-likeness (QED) is 0.568. The van der Waals surface area contributed by atoms with E-state index < -0.39 is 42.2 Å². The first-order valence-corrected chi connectivity index (χ1v) is 10.5. The summed E-state index contributed by atoms with van der Waals surface area (Å²) in [5.41, 5.74) is 1.38. The van der Waals surface area contributed by atoms with Crippen molar-refractivity contribution in [2.45, 2.75) is 57.1 Å². The van der Waals surface area contributed by atoms with Crippen molar-refractivity contribution in [3.63, 3.8) is 0 Å². The second kappa shape index (κ2) is 8.02. The monoisotopic (exact) mass is 448 g/mol. The van der Waals surface area contributed by atoms with Crippen molar-refractivity contribution < 1.29 is 28.1 Å². The minimum Gasteiger partial charge on any atom is -0.487 e. The number of aryl methyl sites for hydroxylation is 1. The number of benzene rings is 1. The molecule has 1 fully saturated rings. The van der Waals surface area contributed by atoms with E-state index in [0.717, 1.165) is 17.1 Å². The molecule has 0 spiro atoms. The molecule has 0 saturated heterocycles. The molecule has 1 aromatic carbocycles. The Morgan fingerprint density at radius 1 is 1.22 bits per heavy atom. The van der Waals surface area contributed by atoms with Crippen LogP contribution in [0.5, 0.6) is 5.75 Å². The van der Waals surface area contributed by atoms with E-state index in [4.69, 9.17) is 4.74 Å². The number of ether oxygens (including phenoxy) is 1. The van der Waals surface area contributed by atoms with Gasteiger partial charge >= 0.3 is 0 Å². The van der Waals surface area contributed by atoms with Crippen molar-refractivity contribution in [1.82, 2.24) is 19.9 Å². The third-order valence-corrected chi connectivity index (χ3v) is 6.50. The number of alkyl halides is 2. The molecular weight excluding hydrogens is 425 g/mol. The van der Waals surface area contributed by atoms with Crippen molar-refractivity contribution in [2.24, 2.45) is 0 Å². The van der Waals surface area contributed by atoms with Crippen LogP contribution in [0, 0.1) is 12.7 Å². The third kappa shape index (κ3) is 3.33. The van der Waals surface area contributed by atoms with Gasteiger partial charge in [0.2, 0.25) is 0 Å². The molecule has 2 aromatic heterocycles. The van der Waals surface area contributed by atoms with Gasteiger partial charge in [0, 0.05) is 30.1 Å². The van der Waals surface area contributed by atoms with Crippen molar-refractivity contribution in [3.8, 4) is 5.75 Å². The highest BCUT2D eigenvalue weighted by molar-refractivity contribution is 5.78. The van der Waals surface area contributed by atoms with Gasteiger partial charge in [0.05, 0.1) is 17.3 Å². The number of aromatic nitrogens is 3. The van der Waals surface area contributed by atoms with E-state index in [-0.39, 0.29) is 30.7 Å². The van der Waals surface area contributed by atoms with Crippen LogP contribution in [0.4, 0.5) is 13.2 Å². The van der Waals surface area contributed by atoms with Gasteiger partial charge in [0.15, 0.2) is 0 Å². The minimum absolute atomic E-state index is 0.108. The Morgan fingerprint density at radius 3 is 2.81 bits per heavy atom. The van der Waals surface area contributed by atoms with Crippen LogP contribution in [0.1, 0.15) is 41.3 Å². The van der Waals surface area contributed by atoms with Gasteiger partial charge in [-0.3, -0.25) is 0 Å². The molecule has 1 aliphatic heterocycles. The number of hydrogen-bond acceptors (Lipinski definition) is 6. The van der Waals surface area contributed by atoms with Crippen LogP contribution >= 0.6 is 0 Å². The van der Waals surface area contributed by atoms with Gasteiger partial charge in [-0.2, -0.15) is 0 Å². The molecule has 7 nitrogen and oxygen atoms in total. The van der Waals surface area contributed by atoms with Gasteiger partial charge in [-0.15, -0.1) is 0 Å². The van der Waals surface area contributed by atoms with Crippen molar-refractivity contribution >= 4 is 11.0 Å². The molecule has 2 aliphatic rings. The number of nitrogens with one attached hydrogen (secondary N) is 1. The average molecular weight is 448 g/mol. The van der Waals surface area contributed by atoms with Crippen LogP contribution in [0.3, 0.4) is 0 Å². The summed E-state index contributed by atoms with van der Waals surface area (Å²) in [6.07, 6.45) is -2.57. The molecule has 3 N–H and O–H groups in total. The predicted octanol–water partition coefficient (Wildman–Crippen LogP) is 2.58. The molecule has 170 valence electrons. The topological polar surface area (TPSA) is 92.4 Å². The Balaban J connectivity index is 1.48. The molecule has 32 heavy (non-hydrogen) atoms. The normalized spacial score (nSPS) is 25.5. The van der Waals surface area contributed by atoms with E-state index in [0.29, 0.717) is 17.8 Å². The Hall–Kier alpha value is -2.69. The van der Waals surface area contributed by atoms with E-state index in [1.165, 1.54) is 6.33 Å². The van der Waals surface area contributed by atoms with Crippen LogP contribution in [-0.2, 0) is 13.0 Å². The van der Waals surface area contributed by atoms with E-state index in [9.17, 15) is 23.4 Å². The summed E-state index contributed by atoms with van der Waals surface area (Å²) in [5, 5.41) is 25.4. The largest absolute Gasteiger partial charge is 0.487 e. The number of rotatable bonds is 4. The number of halogens is 3. The van der Waals surface area contributed by atoms with E-state index in [2.05, 4.69) is 15.3 Å². The van der Waals surface area contributed by atoms with Crippen molar-refractivity contribution in [3.05, 3.63) is 52.9 Å². The standard InChI is InChI=1S/C22H23F3N4O3/c1-10-11-3-5-29(22(11)28-9-27-10)15-7-17(20(31)19(15)30)32-16-6-13(21(24)25)18(23)12-2-4-26-8-14(12)16/h3,5-6,9,15,17,19-21,26,30-31H,2,4,7-8H2,1H3/t15?,17?,19-,20+/m0/s1. The average Bonchev–Trinajstić information content (AvgIpc) is 3.33. The fourth-order valence-corrected chi connectivity index (χ4v) is 4.78. The molecule has 1 saturated carbocycles. The summed E-state index contributed by atoms with van der Waals surface area (Å²) in [6, 6.07) is 2.32. The predicted molar refractivity (Wildman–Crippen MR) is 109 cm³/mol. The number of aliphatic hydroxyl groups excluding tert-OH is 2.